The lowest BCUT2D eigenvalue weighted by molar-refractivity contribution is 0.0977. The molecule has 0 atom stereocenters. The average molecular weight is 410 g/mol. The molecule has 2 N–H and O–H groups in total. The van der Waals surface area contributed by atoms with Crippen LogP contribution >= 0.6 is 35.2 Å². The zero-order chi connectivity index (χ0) is 18.7. The normalized spacial score (nSPS) is 10.6. The van der Waals surface area contributed by atoms with Crippen LogP contribution in [-0.2, 0) is 0 Å². The second kappa shape index (κ2) is 7.94. The number of carbonyl (C=O) groups is 1. The van der Waals surface area contributed by atoms with Gasteiger partial charge in [-0.3, -0.25) is 10.1 Å². The Morgan fingerprint density at radius 2 is 2.15 bits per heavy atom. The van der Waals surface area contributed by atoms with Crippen molar-refractivity contribution in [2.75, 3.05) is 11.9 Å². The van der Waals surface area contributed by atoms with Crippen LogP contribution in [0.4, 0.5) is 9.52 Å². The molecule has 5 nitrogen and oxygen atoms in total. The number of thiazole rings is 1. The molecule has 3 aromatic rings. The standard InChI is InChI=1S/C17H13ClFN3O2S2/c1-2-24-13-6-3-9(7-11(13)18)15(23)21-16(25)22-17-20-12-5-4-10(19)8-14(12)26-17/h3-8H,2H2,1H3,(H2,20,21,22,23,25). The number of aromatic nitrogens is 1. The monoisotopic (exact) mass is 409 g/mol. The van der Waals surface area contributed by atoms with Gasteiger partial charge in [0, 0.05) is 5.56 Å². The Labute approximate surface area is 163 Å². The summed E-state index contributed by atoms with van der Waals surface area (Å²) < 4.78 is 19.2. The molecule has 134 valence electrons. The number of benzene rings is 2. The Morgan fingerprint density at radius 1 is 1.35 bits per heavy atom. The number of nitrogens with one attached hydrogen (secondary N) is 2. The van der Waals surface area contributed by atoms with E-state index in [1.165, 1.54) is 29.5 Å². The molecule has 1 heterocycles. The smallest absolute Gasteiger partial charge is 0.257 e. The van der Waals surface area contributed by atoms with Crippen LogP contribution in [0.3, 0.4) is 0 Å². The molecule has 0 aliphatic heterocycles. The SMILES string of the molecule is CCOc1ccc(C(=O)NC(=S)Nc2nc3ccc(F)cc3s2)cc1Cl. The third-order valence-corrected chi connectivity index (χ3v) is 4.73. The number of carbonyl (C=O) groups excluding carboxylic acids is 1. The Hall–Kier alpha value is -2.29. The highest BCUT2D eigenvalue weighted by Crippen LogP contribution is 2.27. The maximum Gasteiger partial charge on any atom is 0.257 e. The van der Waals surface area contributed by atoms with Gasteiger partial charge in [0.1, 0.15) is 11.6 Å². The van der Waals surface area contributed by atoms with E-state index < -0.39 is 5.91 Å². The maximum atomic E-state index is 13.2. The average Bonchev–Trinajstić information content (AvgIpc) is 2.97. The maximum absolute atomic E-state index is 13.2. The minimum atomic E-state index is -0.417. The van der Waals surface area contributed by atoms with Crippen LogP contribution in [-0.4, -0.2) is 22.6 Å². The Kier molecular flexibility index (Phi) is 5.65. The molecule has 0 saturated carbocycles. The first-order valence-corrected chi connectivity index (χ1v) is 9.17. The quantitative estimate of drug-likeness (QED) is 0.616. The van der Waals surface area contributed by atoms with Gasteiger partial charge in [0.25, 0.3) is 5.91 Å². The topological polar surface area (TPSA) is 63.2 Å². The van der Waals surface area contributed by atoms with Crippen molar-refractivity contribution in [1.29, 1.82) is 0 Å². The molecule has 0 fully saturated rings. The molecule has 1 aromatic heterocycles. The summed E-state index contributed by atoms with van der Waals surface area (Å²) in [4.78, 5) is 16.6. The fourth-order valence-electron chi connectivity index (χ4n) is 2.17. The Morgan fingerprint density at radius 3 is 2.88 bits per heavy atom. The van der Waals surface area contributed by atoms with E-state index in [0.29, 0.717) is 38.3 Å². The van der Waals surface area contributed by atoms with Crippen molar-refractivity contribution in [1.82, 2.24) is 10.3 Å². The number of nitrogens with zero attached hydrogens (tertiary/aromatic N) is 1. The molecule has 0 spiro atoms. The van der Waals surface area contributed by atoms with Crippen molar-refractivity contribution < 1.29 is 13.9 Å². The molecule has 0 unspecified atom stereocenters. The van der Waals surface area contributed by atoms with Gasteiger partial charge in [0.2, 0.25) is 0 Å². The minimum Gasteiger partial charge on any atom is -0.492 e. The van der Waals surface area contributed by atoms with Gasteiger partial charge in [-0.2, -0.15) is 0 Å². The first kappa shape index (κ1) is 18.5. The fourth-order valence-corrected chi connectivity index (χ4v) is 3.55. The highest BCUT2D eigenvalue weighted by atomic mass is 35.5. The molecule has 2 aromatic carbocycles. The van der Waals surface area contributed by atoms with Gasteiger partial charge in [-0.1, -0.05) is 22.9 Å². The largest absolute Gasteiger partial charge is 0.492 e. The van der Waals surface area contributed by atoms with Gasteiger partial charge in [-0.05, 0) is 55.5 Å². The van der Waals surface area contributed by atoms with Crippen molar-refractivity contribution in [3.05, 3.63) is 52.8 Å². The van der Waals surface area contributed by atoms with E-state index in [1.54, 1.807) is 18.2 Å². The van der Waals surface area contributed by atoms with E-state index in [-0.39, 0.29) is 10.9 Å². The van der Waals surface area contributed by atoms with E-state index in [4.69, 9.17) is 28.6 Å². The molecule has 0 bridgehead atoms. The van der Waals surface area contributed by atoms with Gasteiger partial charge < -0.3 is 10.1 Å². The lowest BCUT2D eigenvalue weighted by Crippen LogP contribution is -2.34. The minimum absolute atomic E-state index is 0.0829. The summed E-state index contributed by atoms with van der Waals surface area (Å²) in [6.45, 7) is 2.32. The van der Waals surface area contributed by atoms with E-state index in [9.17, 15) is 9.18 Å². The van der Waals surface area contributed by atoms with E-state index in [2.05, 4.69) is 15.6 Å². The number of thiocarbonyl (C=S) groups is 1. The molecule has 0 saturated heterocycles. The molecule has 1 amide bonds. The second-order valence-corrected chi connectivity index (χ2v) is 6.96. The fraction of sp³-hybridized carbons (Fsp3) is 0.118. The summed E-state index contributed by atoms with van der Waals surface area (Å²) in [6, 6.07) is 9.03. The van der Waals surface area contributed by atoms with Crippen LogP contribution in [0, 0.1) is 5.82 Å². The van der Waals surface area contributed by atoms with Crippen LogP contribution in [0.2, 0.25) is 5.02 Å². The molecule has 0 aliphatic carbocycles. The second-order valence-electron chi connectivity index (χ2n) is 5.12. The lowest BCUT2D eigenvalue weighted by Gasteiger charge is -2.09. The molecule has 0 aliphatic rings. The number of amides is 1. The first-order valence-electron chi connectivity index (χ1n) is 7.57. The highest BCUT2D eigenvalue weighted by Gasteiger charge is 2.12. The number of anilines is 1. The van der Waals surface area contributed by atoms with Crippen molar-refractivity contribution >= 4 is 61.5 Å². The van der Waals surface area contributed by atoms with Crippen LogP contribution in [0.5, 0.6) is 5.75 Å². The summed E-state index contributed by atoms with van der Waals surface area (Å²) in [7, 11) is 0. The number of halogens is 2. The third kappa shape index (κ3) is 4.27. The number of fused-ring (bicyclic) bond motifs is 1. The van der Waals surface area contributed by atoms with Gasteiger partial charge in [0.05, 0.1) is 21.8 Å². The van der Waals surface area contributed by atoms with Crippen LogP contribution in [0.15, 0.2) is 36.4 Å². The number of ether oxygens (including phenoxy) is 1. The third-order valence-electron chi connectivity index (χ3n) is 3.29. The summed E-state index contributed by atoms with van der Waals surface area (Å²) in [6.07, 6.45) is 0. The van der Waals surface area contributed by atoms with Crippen molar-refractivity contribution in [2.45, 2.75) is 6.92 Å². The molecule has 0 radical (unpaired) electrons. The van der Waals surface area contributed by atoms with Gasteiger partial charge >= 0.3 is 0 Å². The summed E-state index contributed by atoms with van der Waals surface area (Å²) in [5.41, 5.74) is 0.986. The van der Waals surface area contributed by atoms with Crippen LogP contribution in [0.1, 0.15) is 17.3 Å². The van der Waals surface area contributed by atoms with Gasteiger partial charge in [0.15, 0.2) is 10.2 Å². The predicted octanol–water partition coefficient (Wildman–Crippen LogP) is 4.61. The number of rotatable bonds is 4. The van der Waals surface area contributed by atoms with Gasteiger partial charge in [-0.25, -0.2) is 9.37 Å². The number of hydrogen-bond acceptors (Lipinski definition) is 5. The highest BCUT2D eigenvalue weighted by molar-refractivity contribution is 7.80. The van der Waals surface area contributed by atoms with Crippen molar-refractivity contribution in [2.24, 2.45) is 0 Å². The van der Waals surface area contributed by atoms with E-state index >= 15 is 0 Å². The van der Waals surface area contributed by atoms with Crippen molar-refractivity contribution in [3.8, 4) is 5.75 Å². The zero-order valence-electron chi connectivity index (χ0n) is 13.5. The summed E-state index contributed by atoms with van der Waals surface area (Å²) >= 11 is 12.5. The summed E-state index contributed by atoms with van der Waals surface area (Å²) in [5.74, 6) is -0.247. The zero-order valence-corrected chi connectivity index (χ0v) is 15.9. The van der Waals surface area contributed by atoms with Crippen LogP contribution < -0.4 is 15.4 Å². The first-order chi connectivity index (χ1) is 12.5. The predicted molar refractivity (Wildman–Crippen MR) is 106 cm³/mol. The van der Waals surface area contributed by atoms with E-state index in [0.717, 1.165) is 0 Å². The lowest BCUT2D eigenvalue weighted by atomic mass is 10.2. The van der Waals surface area contributed by atoms with E-state index in [1.807, 2.05) is 6.92 Å². The Balaban J connectivity index is 1.66. The number of hydrogen-bond donors (Lipinski definition) is 2. The molecular weight excluding hydrogens is 397 g/mol. The van der Waals surface area contributed by atoms with Crippen LogP contribution in [0.25, 0.3) is 10.2 Å². The molecule has 9 heteroatoms. The molecule has 26 heavy (non-hydrogen) atoms. The van der Waals surface area contributed by atoms with Crippen molar-refractivity contribution in [3.63, 3.8) is 0 Å². The Bertz CT molecular complexity index is 993. The summed E-state index contributed by atoms with van der Waals surface area (Å²) in [5, 5.41) is 6.26. The molecule has 3 rings (SSSR count). The molecular formula is C17H13ClFN3O2S2. The van der Waals surface area contributed by atoms with Gasteiger partial charge in [-0.15, -0.1) is 0 Å².